The van der Waals surface area contributed by atoms with Crippen LogP contribution in [-0.4, -0.2) is 32.7 Å². The molecule has 1 unspecified atom stereocenters. The van der Waals surface area contributed by atoms with E-state index in [1.165, 1.54) is 0 Å². The number of Topliss-reactive ketones (excluding diaryl/α,β-unsaturated/α-hetero) is 1. The van der Waals surface area contributed by atoms with Gasteiger partial charge in [0.15, 0.2) is 11.7 Å². The van der Waals surface area contributed by atoms with Crippen molar-refractivity contribution in [3.05, 3.63) is 65.5 Å². The lowest BCUT2D eigenvalue weighted by Crippen LogP contribution is -2.23. The Labute approximate surface area is 163 Å². The summed E-state index contributed by atoms with van der Waals surface area (Å²) in [5.41, 5.74) is 3.09. The van der Waals surface area contributed by atoms with Crippen LogP contribution in [0.2, 0.25) is 0 Å². The zero-order chi connectivity index (χ0) is 19.7. The molecule has 1 aliphatic heterocycles. The highest BCUT2D eigenvalue weighted by Crippen LogP contribution is 2.24. The second-order valence-corrected chi connectivity index (χ2v) is 7.06. The highest BCUT2D eigenvalue weighted by atomic mass is 16.2. The minimum atomic E-state index is -0.969. The molecule has 1 amide bonds. The number of nitrogens with zero attached hydrogens (tertiary/aromatic N) is 4. The molecule has 1 aliphatic rings. The van der Waals surface area contributed by atoms with E-state index in [0.29, 0.717) is 24.4 Å². The van der Waals surface area contributed by atoms with Crippen molar-refractivity contribution in [2.24, 2.45) is 7.05 Å². The van der Waals surface area contributed by atoms with Gasteiger partial charge in [0.2, 0.25) is 5.91 Å². The summed E-state index contributed by atoms with van der Waals surface area (Å²) < 4.78 is 1.80. The minimum Gasteiger partial charge on any atom is -0.338 e. The molecule has 0 N–H and O–H groups in total. The van der Waals surface area contributed by atoms with Crippen LogP contribution in [0.25, 0.3) is 11.0 Å². The summed E-state index contributed by atoms with van der Waals surface area (Å²) in [6.45, 7) is 1.34. The zero-order valence-corrected chi connectivity index (χ0v) is 15.6. The van der Waals surface area contributed by atoms with Gasteiger partial charge in [-0.05, 0) is 24.1 Å². The van der Waals surface area contributed by atoms with Crippen molar-refractivity contribution < 1.29 is 9.59 Å². The van der Waals surface area contributed by atoms with Gasteiger partial charge in [-0.2, -0.15) is 5.26 Å². The summed E-state index contributed by atoms with van der Waals surface area (Å²) >= 11 is 0. The predicted octanol–water partition coefficient (Wildman–Crippen LogP) is 3.19. The number of aryl methyl sites for hydroxylation is 1. The first-order chi connectivity index (χ1) is 13.6. The number of imidazole rings is 1. The van der Waals surface area contributed by atoms with Gasteiger partial charge in [0.25, 0.3) is 0 Å². The Balaban J connectivity index is 1.57. The van der Waals surface area contributed by atoms with Crippen molar-refractivity contribution in [2.45, 2.75) is 25.3 Å². The van der Waals surface area contributed by atoms with E-state index in [1.54, 1.807) is 16.7 Å². The first-order valence-electron chi connectivity index (χ1n) is 9.30. The van der Waals surface area contributed by atoms with E-state index < -0.39 is 5.92 Å². The van der Waals surface area contributed by atoms with Gasteiger partial charge in [-0.3, -0.25) is 9.59 Å². The first-order valence-corrected chi connectivity index (χ1v) is 9.30. The monoisotopic (exact) mass is 372 g/mol. The van der Waals surface area contributed by atoms with E-state index in [1.807, 2.05) is 48.3 Å². The van der Waals surface area contributed by atoms with Crippen molar-refractivity contribution in [1.29, 1.82) is 5.26 Å². The number of hydrogen-bond acceptors (Lipinski definition) is 4. The molecule has 140 valence electrons. The van der Waals surface area contributed by atoms with Crippen LogP contribution in [0, 0.1) is 11.3 Å². The van der Waals surface area contributed by atoms with Crippen LogP contribution in [0.15, 0.2) is 48.5 Å². The maximum absolute atomic E-state index is 13.0. The van der Waals surface area contributed by atoms with E-state index in [-0.39, 0.29) is 11.7 Å². The molecule has 1 fully saturated rings. The van der Waals surface area contributed by atoms with Crippen LogP contribution in [-0.2, 0) is 18.4 Å². The molecular formula is C22H20N4O2. The third kappa shape index (κ3) is 3.16. The van der Waals surface area contributed by atoms with Crippen LogP contribution in [0.4, 0.5) is 0 Å². The first kappa shape index (κ1) is 17.9. The van der Waals surface area contributed by atoms with Gasteiger partial charge in [-0.15, -0.1) is 0 Å². The number of carbonyl (C=O) groups is 2. The van der Waals surface area contributed by atoms with E-state index in [0.717, 1.165) is 29.6 Å². The van der Waals surface area contributed by atoms with E-state index in [4.69, 9.17) is 0 Å². The standard InChI is InChI=1S/C22H20N4O2/c1-25-19-6-3-2-5-18(19)24-22(25)17(13-23)21(28)16-10-8-15(9-11-16)14-26-12-4-7-20(26)27/h2-3,5-6,8-11,17H,4,7,12,14H2,1H3. The number of benzene rings is 2. The average Bonchev–Trinajstić information content (AvgIpc) is 3.27. The van der Waals surface area contributed by atoms with Crippen molar-refractivity contribution in [1.82, 2.24) is 14.5 Å². The minimum absolute atomic E-state index is 0.173. The number of hydrogen-bond donors (Lipinski definition) is 0. The summed E-state index contributed by atoms with van der Waals surface area (Å²) in [4.78, 5) is 31.1. The Morgan fingerprint density at radius 2 is 1.96 bits per heavy atom. The van der Waals surface area contributed by atoms with Gasteiger partial charge >= 0.3 is 0 Å². The van der Waals surface area contributed by atoms with E-state index in [2.05, 4.69) is 11.1 Å². The summed E-state index contributed by atoms with van der Waals surface area (Å²) in [6, 6.07) is 16.8. The Bertz CT molecular complexity index is 1090. The molecule has 0 aliphatic carbocycles. The molecule has 1 atom stereocenters. The molecule has 0 bridgehead atoms. The normalized spacial score (nSPS) is 15.0. The van der Waals surface area contributed by atoms with Gasteiger partial charge in [0.1, 0.15) is 5.82 Å². The molecule has 28 heavy (non-hydrogen) atoms. The number of ketones is 1. The Kier molecular flexibility index (Phi) is 4.66. The fraction of sp³-hybridized carbons (Fsp3) is 0.273. The molecule has 1 aromatic heterocycles. The van der Waals surface area contributed by atoms with Gasteiger partial charge in [0.05, 0.1) is 17.1 Å². The van der Waals surface area contributed by atoms with Gasteiger partial charge in [0, 0.05) is 32.1 Å². The number of para-hydroxylation sites is 2. The second kappa shape index (κ2) is 7.28. The summed E-state index contributed by atoms with van der Waals surface area (Å²) in [5, 5.41) is 9.67. The van der Waals surface area contributed by atoms with Crippen molar-refractivity contribution in [3.8, 4) is 6.07 Å². The van der Waals surface area contributed by atoms with Crippen molar-refractivity contribution in [3.63, 3.8) is 0 Å². The molecular weight excluding hydrogens is 352 g/mol. The number of nitriles is 1. The van der Waals surface area contributed by atoms with Crippen molar-refractivity contribution in [2.75, 3.05) is 6.54 Å². The molecule has 3 aromatic rings. The van der Waals surface area contributed by atoms with Gasteiger partial charge in [-0.25, -0.2) is 4.98 Å². The van der Waals surface area contributed by atoms with Crippen LogP contribution >= 0.6 is 0 Å². The zero-order valence-electron chi connectivity index (χ0n) is 15.6. The lowest BCUT2D eigenvalue weighted by Gasteiger charge is -2.15. The number of aromatic nitrogens is 2. The lowest BCUT2D eigenvalue weighted by molar-refractivity contribution is -0.128. The SMILES string of the molecule is Cn1c(C(C#N)C(=O)c2ccc(CN3CCCC3=O)cc2)nc2ccccc21. The molecule has 0 radical (unpaired) electrons. The number of rotatable bonds is 5. The smallest absolute Gasteiger partial charge is 0.222 e. The van der Waals surface area contributed by atoms with E-state index >= 15 is 0 Å². The lowest BCUT2D eigenvalue weighted by atomic mass is 9.97. The second-order valence-electron chi connectivity index (χ2n) is 7.06. The van der Waals surface area contributed by atoms with Crippen LogP contribution < -0.4 is 0 Å². The van der Waals surface area contributed by atoms with Gasteiger partial charge in [-0.1, -0.05) is 36.4 Å². The largest absolute Gasteiger partial charge is 0.338 e. The molecule has 2 heterocycles. The van der Waals surface area contributed by atoms with Crippen molar-refractivity contribution >= 4 is 22.7 Å². The molecule has 6 heteroatoms. The molecule has 0 saturated carbocycles. The average molecular weight is 372 g/mol. The maximum Gasteiger partial charge on any atom is 0.222 e. The third-order valence-electron chi connectivity index (χ3n) is 5.25. The van der Waals surface area contributed by atoms with Gasteiger partial charge < -0.3 is 9.47 Å². The number of likely N-dealkylation sites (tertiary alicyclic amines) is 1. The Morgan fingerprint density at radius 3 is 2.61 bits per heavy atom. The van der Waals surface area contributed by atoms with Crippen LogP contribution in [0.5, 0.6) is 0 Å². The highest BCUT2D eigenvalue weighted by Gasteiger charge is 2.27. The van der Waals surface area contributed by atoms with Crippen LogP contribution in [0.3, 0.4) is 0 Å². The third-order valence-corrected chi connectivity index (χ3v) is 5.25. The fourth-order valence-electron chi connectivity index (χ4n) is 3.69. The Morgan fingerprint density at radius 1 is 1.21 bits per heavy atom. The molecule has 4 rings (SSSR count). The highest BCUT2D eigenvalue weighted by molar-refractivity contribution is 6.02. The number of amides is 1. The quantitative estimate of drug-likeness (QED) is 0.644. The van der Waals surface area contributed by atoms with Crippen LogP contribution in [0.1, 0.15) is 40.5 Å². The maximum atomic E-state index is 13.0. The molecule has 0 spiro atoms. The summed E-state index contributed by atoms with van der Waals surface area (Å²) in [6.07, 6.45) is 1.51. The number of fused-ring (bicyclic) bond motifs is 1. The number of carbonyl (C=O) groups excluding carboxylic acids is 2. The topological polar surface area (TPSA) is 79.0 Å². The fourth-order valence-corrected chi connectivity index (χ4v) is 3.69. The summed E-state index contributed by atoms with van der Waals surface area (Å²) in [7, 11) is 1.82. The molecule has 6 nitrogen and oxygen atoms in total. The summed E-state index contributed by atoms with van der Waals surface area (Å²) in [5.74, 6) is -0.625. The Hall–Kier alpha value is -3.46. The van der Waals surface area contributed by atoms with E-state index in [9.17, 15) is 14.9 Å². The molecule has 2 aromatic carbocycles. The molecule has 1 saturated heterocycles. The predicted molar refractivity (Wildman–Crippen MR) is 104 cm³/mol.